The van der Waals surface area contributed by atoms with Crippen LogP contribution in [-0.4, -0.2) is 39.3 Å². The van der Waals surface area contributed by atoms with Crippen molar-refractivity contribution in [2.45, 2.75) is 40.5 Å². The van der Waals surface area contributed by atoms with Crippen molar-refractivity contribution in [3.05, 3.63) is 24.2 Å². The van der Waals surface area contributed by atoms with Crippen molar-refractivity contribution < 1.29 is 9.15 Å². The molecule has 0 amide bonds. The lowest BCUT2D eigenvalue weighted by Crippen LogP contribution is -2.40. The highest BCUT2D eigenvalue weighted by atomic mass is 127. The van der Waals surface area contributed by atoms with E-state index in [4.69, 9.17) is 14.1 Å². The number of aliphatic imine (C=N–C) groups is 1. The van der Waals surface area contributed by atoms with E-state index in [-0.39, 0.29) is 29.4 Å². The smallest absolute Gasteiger partial charge is 0.191 e. The van der Waals surface area contributed by atoms with Gasteiger partial charge in [0.1, 0.15) is 5.76 Å². The minimum atomic E-state index is 0. The summed E-state index contributed by atoms with van der Waals surface area (Å²) in [6.07, 6.45) is 3.55. The normalized spacial score (nSPS) is 12.2. The molecule has 2 N–H and O–H groups in total. The average Bonchev–Trinajstić information content (AvgIpc) is 3.00. The lowest BCUT2D eigenvalue weighted by Gasteiger charge is -2.23. The number of furan rings is 1. The fourth-order valence-corrected chi connectivity index (χ4v) is 1.98. The number of nitrogens with one attached hydrogen (secondary N) is 2. The quantitative estimate of drug-likeness (QED) is 0.324. The molecule has 1 heterocycles. The maximum Gasteiger partial charge on any atom is 0.191 e. The minimum Gasteiger partial charge on any atom is -0.469 e. The molecule has 1 rings (SSSR count). The van der Waals surface area contributed by atoms with Crippen LogP contribution in [0.4, 0.5) is 0 Å². The third kappa shape index (κ3) is 10.9. The molecule has 5 nitrogen and oxygen atoms in total. The predicted octanol–water partition coefficient (Wildman–Crippen LogP) is 3.69. The van der Waals surface area contributed by atoms with Crippen molar-refractivity contribution >= 4 is 29.9 Å². The third-order valence-electron chi connectivity index (χ3n) is 3.57. The number of guanidine groups is 1. The van der Waals surface area contributed by atoms with Crippen molar-refractivity contribution in [2.24, 2.45) is 16.3 Å². The Morgan fingerprint density at radius 1 is 1.33 bits per heavy atom. The van der Waals surface area contributed by atoms with E-state index >= 15 is 0 Å². The molecular weight excluding hydrogens is 417 g/mol. The molecule has 0 aliphatic carbocycles. The molecule has 0 aromatic carbocycles. The van der Waals surface area contributed by atoms with Gasteiger partial charge in [-0.05, 0) is 29.9 Å². The fraction of sp³-hybridized carbons (Fsp3) is 0.722. The number of nitrogens with zero attached hydrogens (tertiary/aromatic N) is 1. The summed E-state index contributed by atoms with van der Waals surface area (Å²) in [6, 6.07) is 3.91. The van der Waals surface area contributed by atoms with Crippen molar-refractivity contribution in [3.8, 4) is 0 Å². The number of hydrogen-bond acceptors (Lipinski definition) is 3. The van der Waals surface area contributed by atoms with Crippen molar-refractivity contribution in [1.82, 2.24) is 10.6 Å². The Kier molecular flexibility index (Phi) is 12.2. The number of ether oxygens (including phenoxy) is 1. The zero-order valence-electron chi connectivity index (χ0n) is 15.7. The Bertz CT molecular complexity index is 445. The SMILES string of the molecule is COCCC(C)(C)CN=C(NCCc1ccco1)NCC(C)C.I. The monoisotopic (exact) mass is 451 g/mol. The second-order valence-corrected chi connectivity index (χ2v) is 7.10. The molecule has 0 aliphatic rings. The Morgan fingerprint density at radius 3 is 2.67 bits per heavy atom. The first kappa shape index (κ1) is 23.2. The maximum absolute atomic E-state index is 5.36. The molecule has 0 fully saturated rings. The number of rotatable bonds is 10. The highest BCUT2D eigenvalue weighted by Gasteiger charge is 2.17. The molecule has 0 saturated heterocycles. The molecule has 140 valence electrons. The van der Waals surface area contributed by atoms with Crippen molar-refractivity contribution in [3.63, 3.8) is 0 Å². The summed E-state index contributed by atoms with van der Waals surface area (Å²) < 4.78 is 10.5. The number of methoxy groups -OCH3 is 1. The second kappa shape index (κ2) is 12.6. The second-order valence-electron chi connectivity index (χ2n) is 7.10. The van der Waals surface area contributed by atoms with Gasteiger partial charge in [-0.2, -0.15) is 0 Å². The topological polar surface area (TPSA) is 58.8 Å². The van der Waals surface area contributed by atoms with Crippen LogP contribution in [0.15, 0.2) is 27.8 Å². The Morgan fingerprint density at radius 2 is 2.08 bits per heavy atom. The molecule has 0 spiro atoms. The van der Waals surface area contributed by atoms with E-state index in [0.717, 1.165) is 50.8 Å². The molecule has 0 bridgehead atoms. The molecular formula is C18H34IN3O2. The van der Waals surface area contributed by atoms with Gasteiger partial charge in [0.05, 0.1) is 6.26 Å². The first-order chi connectivity index (χ1) is 10.9. The molecule has 0 atom stereocenters. The van der Waals surface area contributed by atoms with Crippen LogP contribution < -0.4 is 10.6 Å². The first-order valence-electron chi connectivity index (χ1n) is 8.46. The highest BCUT2D eigenvalue weighted by Crippen LogP contribution is 2.20. The maximum atomic E-state index is 5.36. The summed E-state index contributed by atoms with van der Waals surface area (Å²) >= 11 is 0. The molecule has 0 aliphatic heterocycles. The molecule has 1 aromatic heterocycles. The van der Waals surface area contributed by atoms with Crippen LogP contribution in [0.3, 0.4) is 0 Å². The summed E-state index contributed by atoms with van der Waals surface area (Å²) in [5, 5.41) is 6.79. The van der Waals surface area contributed by atoms with Crippen LogP contribution in [0, 0.1) is 11.3 Å². The summed E-state index contributed by atoms with van der Waals surface area (Å²) in [5.41, 5.74) is 0.128. The summed E-state index contributed by atoms with van der Waals surface area (Å²) in [7, 11) is 1.74. The molecule has 0 radical (unpaired) electrons. The fourth-order valence-electron chi connectivity index (χ4n) is 1.98. The van der Waals surface area contributed by atoms with Gasteiger partial charge in [0, 0.05) is 39.8 Å². The summed E-state index contributed by atoms with van der Waals surface area (Å²) in [6.45, 7) is 12.1. The lowest BCUT2D eigenvalue weighted by molar-refractivity contribution is 0.155. The van der Waals surface area contributed by atoms with Gasteiger partial charge < -0.3 is 19.8 Å². The highest BCUT2D eigenvalue weighted by molar-refractivity contribution is 14.0. The van der Waals surface area contributed by atoms with Gasteiger partial charge in [0.15, 0.2) is 5.96 Å². The van der Waals surface area contributed by atoms with Gasteiger partial charge in [-0.15, -0.1) is 24.0 Å². The summed E-state index contributed by atoms with van der Waals surface area (Å²) in [4.78, 5) is 4.75. The van der Waals surface area contributed by atoms with Gasteiger partial charge in [-0.25, -0.2) is 0 Å². The van der Waals surface area contributed by atoms with Gasteiger partial charge in [-0.1, -0.05) is 27.7 Å². The average molecular weight is 451 g/mol. The zero-order chi connectivity index (χ0) is 17.1. The molecule has 24 heavy (non-hydrogen) atoms. The molecule has 6 heteroatoms. The Balaban J connectivity index is 0.00000529. The van der Waals surface area contributed by atoms with E-state index in [1.165, 1.54) is 0 Å². The predicted molar refractivity (Wildman–Crippen MR) is 111 cm³/mol. The van der Waals surface area contributed by atoms with Gasteiger partial charge in [0.2, 0.25) is 0 Å². The number of hydrogen-bond donors (Lipinski definition) is 2. The van der Waals surface area contributed by atoms with E-state index in [1.807, 2.05) is 12.1 Å². The molecule has 0 saturated carbocycles. The standard InChI is InChI=1S/C18H33N3O2.HI/c1-15(2)13-20-17(19-10-8-16-7-6-11-23-16)21-14-18(3,4)9-12-22-5;/h6-7,11,15H,8-10,12-14H2,1-5H3,(H2,19,20,21);1H. The van der Waals surface area contributed by atoms with E-state index in [0.29, 0.717) is 5.92 Å². The third-order valence-corrected chi connectivity index (χ3v) is 3.57. The van der Waals surface area contributed by atoms with Crippen LogP contribution >= 0.6 is 24.0 Å². The Labute approximate surface area is 164 Å². The largest absolute Gasteiger partial charge is 0.469 e. The van der Waals surface area contributed by atoms with E-state index in [1.54, 1.807) is 13.4 Å². The zero-order valence-corrected chi connectivity index (χ0v) is 18.1. The van der Waals surface area contributed by atoms with Crippen molar-refractivity contribution in [2.75, 3.05) is 33.4 Å². The first-order valence-corrected chi connectivity index (χ1v) is 8.46. The van der Waals surface area contributed by atoms with Crippen LogP contribution in [0.1, 0.15) is 39.9 Å². The summed E-state index contributed by atoms with van der Waals surface area (Å²) in [5.74, 6) is 2.44. The van der Waals surface area contributed by atoms with Crippen LogP contribution in [0.5, 0.6) is 0 Å². The molecule has 1 aromatic rings. The van der Waals surface area contributed by atoms with E-state index in [2.05, 4.69) is 38.3 Å². The van der Waals surface area contributed by atoms with E-state index < -0.39 is 0 Å². The lowest BCUT2D eigenvalue weighted by atomic mass is 9.90. The van der Waals surface area contributed by atoms with Gasteiger partial charge in [0.25, 0.3) is 0 Å². The van der Waals surface area contributed by atoms with E-state index in [9.17, 15) is 0 Å². The Hall–Kier alpha value is -0.760. The van der Waals surface area contributed by atoms with Gasteiger partial charge in [-0.3, -0.25) is 4.99 Å². The van der Waals surface area contributed by atoms with Crippen LogP contribution in [0.2, 0.25) is 0 Å². The van der Waals surface area contributed by atoms with Crippen LogP contribution in [-0.2, 0) is 11.2 Å². The number of halogens is 1. The van der Waals surface area contributed by atoms with Crippen LogP contribution in [0.25, 0.3) is 0 Å². The van der Waals surface area contributed by atoms with Gasteiger partial charge >= 0.3 is 0 Å². The van der Waals surface area contributed by atoms with Crippen molar-refractivity contribution in [1.29, 1.82) is 0 Å². The minimum absolute atomic E-state index is 0. The molecule has 0 unspecified atom stereocenters.